The van der Waals surface area contributed by atoms with Crippen molar-refractivity contribution in [2.24, 2.45) is 0 Å². The number of carbonyl (C=O) groups excluding carboxylic acids is 1. The Labute approximate surface area is 145 Å². The molecule has 4 nitrogen and oxygen atoms in total. The van der Waals surface area contributed by atoms with E-state index in [0.29, 0.717) is 32.1 Å². The van der Waals surface area contributed by atoms with E-state index in [-0.39, 0.29) is 6.09 Å². The fourth-order valence-electron chi connectivity index (χ4n) is 2.50. The molecule has 1 aliphatic heterocycles. The normalized spacial score (nSPS) is 13.2. The lowest BCUT2D eigenvalue weighted by Gasteiger charge is -2.17. The van der Waals surface area contributed by atoms with E-state index in [1.807, 2.05) is 51.1 Å². The number of hydrogen-bond acceptors (Lipinski definition) is 3. The Morgan fingerprint density at radius 3 is 2.38 bits per heavy atom. The van der Waals surface area contributed by atoms with Crippen LogP contribution in [-0.4, -0.2) is 30.7 Å². The highest BCUT2D eigenvalue weighted by Gasteiger charge is 2.27. The Morgan fingerprint density at radius 2 is 1.79 bits per heavy atom. The van der Waals surface area contributed by atoms with E-state index in [9.17, 15) is 4.79 Å². The molecule has 0 unspecified atom stereocenters. The molecule has 0 radical (unpaired) electrons. The summed E-state index contributed by atoms with van der Waals surface area (Å²) in [7, 11) is 0. The Morgan fingerprint density at radius 1 is 1.12 bits per heavy atom. The lowest BCUT2D eigenvalue weighted by Crippen LogP contribution is -2.30. The standard InChI is InChI=1S/C18H23NO3.C2H6/c1-4-16-11-19(12-17(16)14(3)21-5-2)18(20)22-13-15-9-7-6-8-10-15;1-2/h6-10H,3-5,11-13H2,1-2H3;1-2H3. The molecule has 0 bridgehead atoms. The van der Waals surface area contributed by atoms with Crippen LogP contribution >= 0.6 is 0 Å². The summed E-state index contributed by atoms with van der Waals surface area (Å²) in [6.45, 7) is 13.9. The van der Waals surface area contributed by atoms with Crippen LogP contribution < -0.4 is 0 Å². The van der Waals surface area contributed by atoms with Gasteiger partial charge in [0.15, 0.2) is 0 Å². The van der Waals surface area contributed by atoms with Gasteiger partial charge in [0, 0.05) is 12.1 Å². The number of nitrogens with zero attached hydrogens (tertiary/aromatic N) is 1. The van der Waals surface area contributed by atoms with Gasteiger partial charge in [-0.25, -0.2) is 4.79 Å². The third-order valence-corrected chi connectivity index (χ3v) is 3.70. The highest BCUT2D eigenvalue weighted by atomic mass is 16.6. The van der Waals surface area contributed by atoms with Crippen LogP contribution in [0.15, 0.2) is 53.8 Å². The maximum atomic E-state index is 12.2. The zero-order valence-electron chi connectivity index (χ0n) is 15.3. The lowest BCUT2D eigenvalue weighted by atomic mass is 10.1. The molecular formula is C20H29NO3. The Balaban J connectivity index is 0.00000139. The SMILES string of the molecule is C=C(OCC)C1=C(CC)CN(C(=O)OCc2ccccc2)C1.CC. The maximum absolute atomic E-state index is 12.2. The molecule has 0 fully saturated rings. The third kappa shape index (κ3) is 5.44. The van der Waals surface area contributed by atoms with E-state index in [4.69, 9.17) is 9.47 Å². The maximum Gasteiger partial charge on any atom is 0.410 e. The number of hydrogen-bond donors (Lipinski definition) is 0. The van der Waals surface area contributed by atoms with E-state index < -0.39 is 0 Å². The molecule has 0 saturated carbocycles. The van der Waals surface area contributed by atoms with E-state index in [0.717, 1.165) is 17.6 Å². The van der Waals surface area contributed by atoms with Gasteiger partial charge < -0.3 is 9.47 Å². The predicted octanol–water partition coefficient (Wildman–Crippen LogP) is 4.92. The van der Waals surface area contributed by atoms with Crippen LogP contribution in [0.25, 0.3) is 0 Å². The molecule has 1 amide bonds. The highest BCUT2D eigenvalue weighted by molar-refractivity contribution is 5.70. The molecule has 1 aromatic carbocycles. The molecule has 0 aliphatic carbocycles. The van der Waals surface area contributed by atoms with Crippen LogP contribution in [0.5, 0.6) is 0 Å². The zero-order valence-corrected chi connectivity index (χ0v) is 15.3. The smallest absolute Gasteiger partial charge is 0.410 e. The average molecular weight is 331 g/mol. The summed E-state index contributed by atoms with van der Waals surface area (Å²) >= 11 is 0. The van der Waals surface area contributed by atoms with E-state index in [1.165, 1.54) is 5.57 Å². The summed E-state index contributed by atoms with van der Waals surface area (Å²) in [6.07, 6.45) is 0.582. The van der Waals surface area contributed by atoms with Crippen molar-refractivity contribution in [2.75, 3.05) is 19.7 Å². The number of benzene rings is 1. The van der Waals surface area contributed by atoms with E-state index in [1.54, 1.807) is 4.90 Å². The molecule has 0 aromatic heterocycles. The minimum Gasteiger partial charge on any atom is -0.494 e. The van der Waals surface area contributed by atoms with Crippen LogP contribution in [0.1, 0.15) is 39.7 Å². The molecular weight excluding hydrogens is 302 g/mol. The van der Waals surface area contributed by atoms with Gasteiger partial charge in [-0.2, -0.15) is 0 Å². The summed E-state index contributed by atoms with van der Waals surface area (Å²) in [5.41, 5.74) is 3.20. The van der Waals surface area contributed by atoms with Crippen molar-refractivity contribution in [3.8, 4) is 0 Å². The minimum absolute atomic E-state index is 0.291. The summed E-state index contributed by atoms with van der Waals surface area (Å²) in [5, 5.41) is 0. The molecule has 1 heterocycles. The van der Waals surface area contributed by atoms with Gasteiger partial charge in [-0.05, 0) is 24.5 Å². The molecule has 0 N–H and O–H groups in total. The summed E-state index contributed by atoms with van der Waals surface area (Å²) in [5.74, 6) is 0.665. The van der Waals surface area contributed by atoms with Crippen LogP contribution in [0, 0.1) is 0 Å². The Hall–Kier alpha value is -2.23. The van der Waals surface area contributed by atoms with Crippen molar-refractivity contribution in [3.05, 3.63) is 59.4 Å². The van der Waals surface area contributed by atoms with Crippen LogP contribution in [0.4, 0.5) is 4.79 Å². The summed E-state index contributed by atoms with van der Waals surface area (Å²) < 4.78 is 10.9. The van der Waals surface area contributed by atoms with Gasteiger partial charge in [0.25, 0.3) is 0 Å². The van der Waals surface area contributed by atoms with Crippen molar-refractivity contribution in [1.82, 2.24) is 4.90 Å². The summed E-state index contributed by atoms with van der Waals surface area (Å²) in [4.78, 5) is 13.9. The van der Waals surface area contributed by atoms with Gasteiger partial charge >= 0.3 is 6.09 Å². The van der Waals surface area contributed by atoms with Gasteiger partial charge in [0.2, 0.25) is 0 Å². The minimum atomic E-state index is -0.297. The second-order valence-electron chi connectivity index (χ2n) is 5.19. The Kier molecular flexibility index (Phi) is 8.69. The number of rotatable bonds is 6. The summed E-state index contributed by atoms with van der Waals surface area (Å²) in [6, 6.07) is 9.68. The third-order valence-electron chi connectivity index (χ3n) is 3.70. The topological polar surface area (TPSA) is 38.8 Å². The van der Waals surface area contributed by atoms with E-state index >= 15 is 0 Å². The molecule has 0 atom stereocenters. The monoisotopic (exact) mass is 331 g/mol. The largest absolute Gasteiger partial charge is 0.494 e. The van der Waals surface area contributed by atoms with E-state index in [2.05, 4.69) is 13.5 Å². The zero-order chi connectivity index (χ0) is 17.9. The second kappa shape index (κ2) is 10.5. The first-order valence-corrected chi connectivity index (χ1v) is 8.64. The van der Waals surface area contributed by atoms with Crippen molar-refractivity contribution < 1.29 is 14.3 Å². The van der Waals surface area contributed by atoms with Crippen molar-refractivity contribution in [2.45, 2.75) is 40.7 Å². The van der Waals surface area contributed by atoms with Gasteiger partial charge in [0.05, 0.1) is 13.2 Å². The first-order valence-electron chi connectivity index (χ1n) is 8.64. The molecule has 1 aliphatic rings. The fourth-order valence-corrected chi connectivity index (χ4v) is 2.50. The molecule has 2 rings (SSSR count). The van der Waals surface area contributed by atoms with Crippen molar-refractivity contribution >= 4 is 6.09 Å². The van der Waals surface area contributed by atoms with Crippen LogP contribution in [0.2, 0.25) is 0 Å². The first-order chi connectivity index (χ1) is 11.7. The van der Waals surface area contributed by atoms with Gasteiger partial charge in [0.1, 0.15) is 12.4 Å². The van der Waals surface area contributed by atoms with Crippen molar-refractivity contribution in [3.63, 3.8) is 0 Å². The molecule has 0 saturated heterocycles. The second-order valence-corrected chi connectivity index (χ2v) is 5.19. The van der Waals surface area contributed by atoms with Gasteiger partial charge in [-0.1, -0.05) is 57.7 Å². The predicted molar refractivity (Wildman–Crippen MR) is 97.6 cm³/mol. The Bertz CT molecular complexity index is 564. The quantitative estimate of drug-likeness (QED) is 0.694. The fraction of sp³-hybridized carbons (Fsp3) is 0.450. The van der Waals surface area contributed by atoms with Gasteiger partial charge in [-0.15, -0.1) is 0 Å². The molecule has 4 heteroatoms. The van der Waals surface area contributed by atoms with Crippen molar-refractivity contribution in [1.29, 1.82) is 0 Å². The van der Waals surface area contributed by atoms with Crippen LogP contribution in [0.3, 0.4) is 0 Å². The molecule has 0 spiro atoms. The number of amides is 1. The number of carbonyl (C=O) groups is 1. The highest BCUT2D eigenvalue weighted by Crippen LogP contribution is 2.26. The molecule has 24 heavy (non-hydrogen) atoms. The van der Waals surface area contributed by atoms with Gasteiger partial charge in [-0.3, -0.25) is 4.90 Å². The first kappa shape index (κ1) is 19.8. The van der Waals surface area contributed by atoms with Crippen LogP contribution in [-0.2, 0) is 16.1 Å². The molecule has 1 aromatic rings. The molecule has 132 valence electrons. The average Bonchev–Trinajstić information content (AvgIpc) is 3.07. The lowest BCUT2D eigenvalue weighted by molar-refractivity contribution is 0.104. The number of ether oxygens (including phenoxy) is 2.